The molecule has 0 spiro atoms. The van der Waals surface area contributed by atoms with E-state index in [0.717, 1.165) is 19.4 Å². The highest BCUT2D eigenvalue weighted by molar-refractivity contribution is 5.76. The zero-order valence-corrected chi connectivity index (χ0v) is 10.6. The lowest BCUT2D eigenvalue weighted by Gasteiger charge is -2.17. The van der Waals surface area contributed by atoms with Crippen molar-refractivity contribution in [3.05, 3.63) is 12.7 Å². The minimum Gasteiger partial charge on any atom is -0.393 e. The van der Waals surface area contributed by atoms with Gasteiger partial charge in [-0.05, 0) is 19.8 Å². The Bertz CT molecular complexity index is 253. The molecular weight excluding hydrogens is 218 g/mol. The minimum absolute atomic E-state index is 0.176. The van der Waals surface area contributed by atoms with Crippen LogP contribution >= 0.6 is 0 Å². The third-order valence-electron chi connectivity index (χ3n) is 3.17. The van der Waals surface area contributed by atoms with Gasteiger partial charge in [-0.1, -0.05) is 6.08 Å². The van der Waals surface area contributed by atoms with Gasteiger partial charge in [-0.3, -0.25) is 4.79 Å². The van der Waals surface area contributed by atoms with Gasteiger partial charge in [-0.15, -0.1) is 6.58 Å². The molecule has 0 aromatic rings. The number of likely N-dealkylation sites (tertiary alicyclic amines) is 1. The molecule has 98 valence electrons. The van der Waals surface area contributed by atoms with Crippen LogP contribution in [0.1, 0.15) is 26.2 Å². The Labute approximate surface area is 103 Å². The quantitative estimate of drug-likeness (QED) is 0.538. The first kappa shape index (κ1) is 14.2. The standard InChI is InChI=1S/C13H23NO3/c1-3-8-17-9-4-5-13(16)14-7-6-12(10-14)11(2)15/h3,11-12,15H,1,4-10H2,2H3. The van der Waals surface area contributed by atoms with Crippen molar-refractivity contribution in [3.8, 4) is 0 Å². The Kier molecular flexibility index (Phi) is 6.22. The topological polar surface area (TPSA) is 49.8 Å². The van der Waals surface area contributed by atoms with Gasteiger partial charge in [-0.25, -0.2) is 0 Å². The van der Waals surface area contributed by atoms with Gasteiger partial charge in [0.05, 0.1) is 12.7 Å². The highest BCUT2D eigenvalue weighted by Crippen LogP contribution is 2.20. The summed E-state index contributed by atoms with van der Waals surface area (Å²) in [6.07, 6.45) is 3.58. The molecule has 1 N–H and O–H groups in total. The van der Waals surface area contributed by atoms with Gasteiger partial charge in [0.2, 0.25) is 5.91 Å². The fourth-order valence-corrected chi connectivity index (χ4v) is 2.06. The number of nitrogens with zero attached hydrogens (tertiary/aromatic N) is 1. The number of amides is 1. The summed E-state index contributed by atoms with van der Waals surface area (Å²) in [6.45, 7) is 7.98. The second-order valence-electron chi connectivity index (χ2n) is 4.60. The van der Waals surface area contributed by atoms with Gasteiger partial charge in [0.15, 0.2) is 0 Å². The monoisotopic (exact) mass is 241 g/mol. The number of aliphatic hydroxyl groups is 1. The van der Waals surface area contributed by atoms with Crippen molar-refractivity contribution >= 4 is 5.91 Å². The number of hydrogen-bond donors (Lipinski definition) is 1. The van der Waals surface area contributed by atoms with Crippen LogP contribution in [0.5, 0.6) is 0 Å². The van der Waals surface area contributed by atoms with E-state index in [1.54, 1.807) is 13.0 Å². The molecule has 0 bridgehead atoms. The van der Waals surface area contributed by atoms with E-state index in [1.165, 1.54) is 0 Å². The van der Waals surface area contributed by atoms with Crippen molar-refractivity contribution in [3.63, 3.8) is 0 Å². The van der Waals surface area contributed by atoms with E-state index in [1.807, 2.05) is 4.90 Å². The molecule has 17 heavy (non-hydrogen) atoms. The normalized spacial score (nSPS) is 21.5. The van der Waals surface area contributed by atoms with Crippen LogP contribution in [-0.4, -0.2) is 48.3 Å². The van der Waals surface area contributed by atoms with E-state index in [9.17, 15) is 9.90 Å². The molecule has 1 rings (SSSR count). The second-order valence-corrected chi connectivity index (χ2v) is 4.60. The molecule has 4 heteroatoms. The smallest absolute Gasteiger partial charge is 0.222 e. The summed E-state index contributed by atoms with van der Waals surface area (Å²) in [6, 6.07) is 0. The Morgan fingerprint density at radius 1 is 1.71 bits per heavy atom. The van der Waals surface area contributed by atoms with Crippen LogP contribution in [-0.2, 0) is 9.53 Å². The summed E-state index contributed by atoms with van der Waals surface area (Å²) in [7, 11) is 0. The molecule has 1 aliphatic rings. The molecule has 0 saturated carbocycles. The summed E-state index contributed by atoms with van der Waals surface area (Å²) in [5, 5.41) is 9.46. The summed E-state index contributed by atoms with van der Waals surface area (Å²) >= 11 is 0. The van der Waals surface area contributed by atoms with Crippen molar-refractivity contribution in [2.75, 3.05) is 26.3 Å². The first-order valence-electron chi connectivity index (χ1n) is 6.29. The number of hydrogen-bond acceptors (Lipinski definition) is 3. The van der Waals surface area contributed by atoms with Gasteiger partial charge >= 0.3 is 0 Å². The van der Waals surface area contributed by atoms with Gasteiger partial charge in [-0.2, -0.15) is 0 Å². The lowest BCUT2D eigenvalue weighted by molar-refractivity contribution is -0.130. The highest BCUT2D eigenvalue weighted by Gasteiger charge is 2.28. The Hall–Kier alpha value is -0.870. The zero-order valence-electron chi connectivity index (χ0n) is 10.6. The van der Waals surface area contributed by atoms with Crippen molar-refractivity contribution in [2.45, 2.75) is 32.3 Å². The van der Waals surface area contributed by atoms with Gasteiger partial charge in [0.25, 0.3) is 0 Å². The van der Waals surface area contributed by atoms with E-state index < -0.39 is 0 Å². The van der Waals surface area contributed by atoms with E-state index in [0.29, 0.717) is 26.2 Å². The summed E-state index contributed by atoms with van der Waals surface area (Å²) in [5.74, 6) is 0.423. The van der Waals surface area contributed by atoms with Gasteiger partial charge < -0.3 is 14.7 Å². The maximum absolute atomic E-state index is 11.8. The van der Waals surface area contributed by atoms with Gasteiger partial charge in [0, 0.05) is 32.0 Å². The maximum Gasteiger partial charge on any atom is 0.222 e. The average Bonchev–Trinajstić information content (AvgIpc) is 2.78. The van der Waals surface area contributed by atoms with E-state index in [-0.39, 0.29) is 17.9 Å². The molecule has 1 heterocycles. The molecule has 0 radical (unpaired) electrons. The molecule has 1 amide bonds. The molecule has 4 nitrogen and oxygen atoms in total. The lowest BCUT2D eigenvalue weighted by Crippen LogP contribution is -2.30. The molecule has 0 aliphatic carbocycles. The minimum atomic E-state index is -0.316. The van der Waals surface area contributed by atoms with Crippen molar-refractivity contribution in [2.24, 2.45) is 5.92 Å². The first-order valence-corrected chi connectivity index (χ1v) is 6.29. The SMILES string of the molecule is C=CCOCCCC(=O)N1CCC(C(C)O)C1. The fourth-order valence-electron chi connectivity index (χ4n) is 2.06. The molecular formula is C13H23NO3. The molecule has 2 unspecified atom stereocenters. The average molecular weight is 241 g/mol. The number of ether oxygens (including phenoxy) is 1. The summed E-state index contributed by atoms with van der Waals surface area (Å²) in [5.41, 5.74) is 0. The summed E-state index contributed by atoms with van der Waals surface area (Å²) in [4.78, 5) is 13.7. The second kappa shape index (κ2) is 7.45. The van der Waals surface area contributed by atoms with Crippen LogP contribution < -0.4 is 0 Å². The van der Waals surface area contributed by atoms with Crippen LogP contribution in [0.15, 0.2) is 12.7 Å². The van der Waals surface area contributed by atoms with Crippen molar-refractivity contribution in [1.82, 2.24) is 4.90 Å². The number of rotatable bonds is 7. The number of carbonyl (C=O) groups excluding carboxylic acids is 1. The van der Waals surface area contributed by atoms with Crippen LogP contribution in [0, 0.1) is 5.92 Å². The highest BCUT2D eigenvalue weighted by atomic mass is 16.5. The van der Waals surface area contributed by atoms with Gasteiger partial charge in [0.1, 0.15) is 0 Å². The lowest BCUT2D eigenvalue weighted by atomic mass is 10.0. The summed E-state index contributed by atoms with van der Waals surface area (Å²) < 4.78 is 5.23. The van der Waals surface area contributed by atoms with Crippen LogP contribution in [0.25, 0.3) is 0 Å². The molecule has 1 aliphatic heterocycles. The van der Waals surface area contributed by atoms with Crippen molar-refractivity contribution < 1.29 is 14.6 Å². The predicted molar refractivity (Wildman–Crippen MR) is 66.6 cm³/mol. The van der Waals surface area contributed by atoms with Crippen LogP contribution in [0.3, 0.4) is 0 Å². The predicted octanol–water partition coefficient (Wildman–Crippen LogP) is 1.20. The molecule has 1 saturated heterocycles. The van der Waals surface area contributed by atoms with E-state index in [4.69, 9.17) is 4.74 Å². The van der Waals surface area contributed by atoms with E-state index in [2.05, 4.69) is 6.58 Å². The van der Waals surface area contributed by atoms with Crippen LogP contribution in [0.4, 0.5) is 0 Å². The zero-order chi connectivity index (χ0) is 12.7. The Morgan fingerprint density at radius 2 is 2.47 bits per heavy atom. The molecule has 1 fully saturated rings. The number of carbonyl (C=O) groups is 1. The number of aliphatic hydroxyl groups excluding tert-OH is 1. The molecule has 0 aromatic heterocycles. The fraction of sp³-hybridized carbons (Fsp3) is 0.769. The maximum atomic E-state index is 11.8. The third-order valence-corrected chi connectivity index (χ3v) is 3.17. The molecule has 2 atom stereocenters. The third kappa shape index (κ3) is 4.88. The molecule has 0 aromatic carbocycles. The Balaban J connectivity index is 2.14. The first-order chi connectivity index (χ1) is 8.15. The van der Waals surface area contributed by atoms with Crippen LogP contribution in [0.2, 0.25) is 0 Å². The van der Waals surface area contributed by atoms with Crippen molar-refractivity contribution in [1.29, 1.82) is 0 Å². The largest absolute Gasteiger partial charge is 0.393 e. The Morgan fingerprint density at radius 3 is 3.06 bits per heavy atom. The van der Waals surface area contributed by atoms with E-state index >= 15 is 0 Å².